The Kier molecular flexibility index (Phi) is 14.0. The number of halogens is 12. The molecule has 2 atom stereocenters. The van der Waals surface area contributed by atoms with Gasteiger partial charge in [-0.1, -0.05) is 119 Å². The Hall–Kier alpha value is 3.97. The SMILES string of the molecule is CCCC(Cl)C(Cl)(Cl)C(Cl)(Cl)C(C)(C(Br)(Br)OP(=O)(O)O)C(Cl)(Cl)C(Cl)(Cl)C(Cl)CCC. The summed E-state index contributed by atoms with van der Waals surface area (Å²) in [6.45, 7) is 4.76. The zero-order chi connectivity index (χ0) is 26.2. The number of hydrogen-bond acceptors (Lipinski definition) is 2. The minimum Gasteiger partial charge on any atom is -0.303 e. The molecule has 0 fully saturated rings. The van der Waals surface area contributed by atoms with E-state index in [2.05, 4.69) is 31.9 Å². The maximum Gasteiger partial charge on any atom is 0.471 e. The van der Waals surface area contributed by atoms with Crippen molar-refractivity contribution in [2.24, 2.45) is 5.41 Å². The molecular formula is C15H21Br2Cl10O4P. The van der Waals surface area contributed by atoms with E-state index in [4.69, 9.17) is 121 Å². The third kappa shape index (κ3) is 6.93. The van der Waals surface area contributed by atoms with Crippen LogP contribution in [-0.4, -0.2) is 41.3 Å². The van der Waals surface area contributed by atoms with Gasteiger partial charge in [-0.15, -0.1) is 23.2 Å². The quantitative estimate of drug-likeness (QED) is 0.144. The van der Waals surface area contributed by atoms with Crippen molar-refractivity contribution >= 4 is 156 Å². The molecule has 0 aromatic heterocycles. The first-order valence-corrected chi connectivity index (χ1v) is 15.9. The molecule has 2 N–H and O–H groups in total. The Morgan fingerprint density at radius 3 is 1.31 bits per heavy atom. The summed E-state index contributed by atoms with van der Waals surface area (Å²) >= 11 is 72.0. The fourth-order valence-corrected chi connectivity index (χ4v) is 10.4. The van der Waals surface area contributed by atoms with Gasteiger partial charge in [-0.2, -0.15) is 0 Å². The van der Waals surface area contributed by atoms with E-state index in [-0.39, 0.29) is 12.8 Å². The van der Waals surface area contributed by atoms with Crippen molar-refractivity contribution in [1.82, 2.24) is 0 Å². The van der Waals surface area contributed by atoms with Crippen molar-refractivity contribution in [3.05, 3.63) is 0 Å². The van der Waals surface area contributed by atoms with Gasteiger partial charge in [0.15, 0.2) is 17.3 Å². The second-order valence-electron chi connectivity index (χ2n) is 7.13. The van der Waals surface area contributed by atoms with Crippen LogP contribution in [0.15, 0.2) is 0 Å². The molecule has 0 aromatic carbocycles. The van der Waals surface area contributed by atoms with Crippen molar-refractivity contribution in [1.29, 1.82) is 0 Å². The first kappa shape index (κ1) is 36.0. The van der Waals surface area contributed by atoms with E-state index in [1.54, 1.807) is 13.8 Å². The molecule has 0 rings (SSSR count). The molecule has 194 valence electrons. The van der Waals surface area contributed by atoms with Crippen LogP contribution in [0.3, 0.4) is 0 Å². The molecule has 0 heterocycles. The van der Waals surface area contributed by atoms with E-state index in [1.807, 2.05) is 0 Å². The largest absolute Gasteiger partial charge is 0.471 e. The Morgan fingerprint density at radius 1 is 0.812 bits per heavy atom. The Bertz CT molecular complexity index is 653. The minimum atomic E-state index is -5.27. The highest BCUT2D eigenvalue weighted by Crippen LogP contribution is 2.75. The van der Waals surface area contributed by atoms with Crippen LogP contribution in [0.25, 0.3) is 0 Å². The lowest BCUT2D eigenvalue weighted by Crippen LogP contribution is -2.71. The summed E-state index contributed by atoms with van der Waals surface area (Å²) in [5.74, 6) is 0. The van der Waals surface area contributed by atoms with Gasteiger partial charge in [0.2, 0.25) is 3.42 Å². The third-order valence-electron chi connectivity index (χ3n) is 4.78. The van der Waals surface area contributed by atoms with Crippen LogP contribution in [0.5, 0.6) is 0 Å². The Morgan fingerprint density at radius 2 is 1.09 bits per heavy atom. The van der Waals surface area contributed by atoms with Crippen molar-refractivity contribution < 1.29 is 18.9 Å². The van der Waals surface area contributed by atoms with Gasteiger partial charge >= 0.3 is 7.82 Å². The number of rotatable bonds is 13. The zero-order valence-corrected chi connectivity index (χ0v) is 28.3. The van der Waals surface area contributed by atoms with E-state index >= 15 is 0 Å². The highest BCUT2D eigenvalue weighted by Gasteiger charge is 2.80. The van der Waals surface area contributed by atoms with Crippen molar-refractivity contribution in [2.75, 3.05) is 0 Å². The van der Waals surface area contributed by atoms with E-state index in [0.29, 0.717) is 12.8 Å². The van der Waals surface area contributed by atoms with Crippen molar-refractivity contribution in [3.8, 4) is 0 Å². The van der Waals surface area contributed by atoms with Crippen LogP contribution >= 0.6 is 156 Å². The summed E-state index contributed by atoms with van der Waals surface area (Å²) in [6.07, 6.45) is 1.54. The number of phosphoric ester groups is 1. The summed E-state index contributed by atoms with van der Waals surface area (Å²) in [4.78, 5) is 19.0. The minimum absolute atomic E-state index is 0.237. The van der Waals surface area contributed by atoms with Gasteiger partial charge in [-0.05, 0) is 51.6 Å². The molecule has 0 saturated carbocycles. The summed E-state index contributed by atoms with van der Waals surface area (Å²) in [7, 11) is -5.27. The van der Waals surface area contributed by atoms with Gasteiger partial charge in [0.1, 0.15) is 0 Å². The van der Waals surface area contributed by atoms with E-state index in [0.717, 1.165) is 6.92 Å². The maximum atomic E-state index is 11.8. The standard InChI is InChI=1S/C15H21Br2Cl10O4P/c1-4-6-8(18)11(20,21)13(24,25)10(3,15(16,17)31-32(28,29)30)14(26,27)12(22,23)9(19)7-5-2/h8-9H,4-7H2,1-3H3,(H2,28,29,30). The smallest absolute Gasteiger partial charge is 0.303 e. The summed E-state index contributed by atoms with van der Waals surface area (Å²) < 4.78 is 4.59. The van der Waals surface area contributed by atoms with Gasteiger partial charge in [-0.3, -0.25) is 4.52 Å². The van der Waals surface area contributed by atoms with Gasteiger partial charge in [0.25, 0.3) is 0 Å². The first-order valence-electron chi connectivity index (χ1n) is 8.85. The predicted molar refractivity (Wildman–Crippen MR) is 149 cm³/mol. The lowest BCUT2D eigenvalue weighted by Gasteiger charge is -2.59. The number of alkyl halides is 12. The van der Waals surface area contributed by atoms with E-state index < -0.39 is 44.7 Å². The molecule has 0 aliphatic rings. The number of phosphoric acid groups is 1. The summed E-state index contributed by atoms with van der Waals surface area (Å²) in [5.41, 5.74) is -2.39. The van der Waals surface area contributed by atoms with Crippen LogP contribution < -0.4 is 0 Å². The Balaban J connectivity index is 7.27. The molecule has 0 spiro atoms. The van der Waals surface area contributed by atoms with Crippen LogP contribution in [-0.2, 0) is 9.09 Å². The lowest BCUT2D eigenvalue weighted by atomic mass is 9.77. The molecule has 0 amide bonds. The Labute approximate surface area is 255 Å². The molecule has 0 aliphatic heterocycles. The fraction of sp³-hybridized carbons (Fsp3) is 1.00. The van der Waals surface area contributed by atoms with Crippen LogP contribution in [0.1, 0.15) is 46.5 Å². The van der Waals surface area contributed by atoms with Crippen LogP contribution in [0.4, 0.5) is 0 Å². The molecule has 17 heteroatoms. The average molecular weight is 811 g/mol. The zero-order valence-electron chi connectivity index (χ0n) is 16.7. The highest BCUT2D eigenvalue weighted by atomic mass is 79.9. The molecule has 2 unspecified atom stereocenters. The van der Waals surface area contributed by atoms with Gasteiger partial charge in [0, 0.05) is 0 Å². The normalized spacial score (nSPS) is 18.9. The summed E-state index contributed by atoms with van der Waals surface area (Å²) in [5, 5.41) is -2.19. The maximum absolute atomic E-state index is 11.8. The highest BCUT2D eigenvalue weighted by molar-refractivity contribution is 9.25. The molecule has 0 aliphatic carbocycles. The van der Waals surface area contributed by atoms with E-state index in [9.17, 15) is 14.4 Å². The lowest BCUT2D eigenvalue weighted by molar-refractivity contribution is 0.0448. The number of hydrogen-bond donors (Lipinski definition) is 2. The molecule has 0 saturated heterocycles. The van der Waals surface area contributed by atoms with Gasteiger partial charge < -0.3 is 9.79 Å². The second kappa shape index (κ2) is 12.4. The van der Waals surface area contributed by atoms with Crippen LogP contribution in [0.2, 0.25) is 0 Å². The molecule has 0 bridgehead atoms. The molecule has 4 nitrogen and oxygen atoms in total. The molecular weight excluding hydrogens is 789 g/mol. The molecule has 0 aromatic rings. The predicted octanol–water partition coefficient (Wildman–Crippen LogP) is 10.1. The van der Waals surface area contributed by atoms with Gasteiger partial charge in [0.05, 0.1) is 16.2 Å². The van der Waals surface area contributed by atoms with Crippen LogP contribution in [0, 0.1) is 5.41 Å². The molecule has 32 heavy (non-hydrogen) atoms. The second-order valence-corrected chi connectivity index (χ2v) is 18.1. The first-order chi connectivity index (χ1) is 13.9. The average Bonchev–Trinajstić information content (AvgIpc) is 2.58. The van der Waals surface area contributed by atoms with Crippen molar-refractivity contribution in [2.45, 2.75) is 78.0 Å². The fourth-order valence-electron chi connectivity index (χ4n) is 2.73. The topological polar surface area (TPSA) is 66.8 Å². The van der Waals surface area contributed by atoms with Gasteiger partial charge in [-0.25, -0.2) is 4.57 Å². The monoisotopic (exact) mass is 804 g/mol. The summed E-state index contributed by atoms with van der Waals surface area (Å²) in [6, 6.07) is 0. The molecule has 0 radical (unpaired) electrons. The third-order valence-corrected chi connectivity index (χ3v) is 14.9. The van der Waals surface area contributed by atoms with Crippen molar-refractivity contribution in [3.63, 3.8) is 0 Å². The van der Waals surface area contributed by atoms with E-state index in [1.165, 1.54) is 0 Å².